The van der Waals surface area contributed by atoms with E-state index in [2.05, 4.69) is 20.6 Å². The van der Waals surface area contributed by atoms with Crippen molar-refractivity contribution < 1.29 is 23.4 Å². The Morgan fingerprint density at radius 1 is 1.09 bits per heavy atom. The Morgan fingerprint density at radius 3 is 2.79 bits per heavy atom. The van der Waals surface area contributed by atoms with Crippen LogP contribution >= 0.6 is 0 Å². The summed E-state index contributed by atoms with van der Waals surface area (Å²) in [5.41, 5.74) is 2.66. The van der Waals surface area contributed by atoms with Crippen LogP contribution in [0.1, 0.15) is 17.4 Å². The highest BCUT2D eigenvalue weighted by atomic mass is 19.1. The Balaban J connectivity index is 1.40. The first-order chi connectivity index (χ1) is 16.1. The number of aromatic nitrogens is 2. The van der Waals surface area contributed by atoms with Crippen LogP contribution in [-0.4, -0.2) is 35.8 Å². The highest BCUT2D eigenvalue weighted by Crippen LogP contribution is 2.34. The summed E-state index contributed by atoms with van der Waals surface area (Å²) in [6.45, 7) is 3.02. The van der Waals surface area contributed by atoms with Crippen molar-refractivity contribution in [2.75, 3.05) is 30.5 Å². The minimum Gasteiger partial charge on any atom is -0.486 e. The lowest BCUT2D eigenvalue weighted by Gasteiger charge is -2.19. The first kappa shape index (κ1) is 20.6. The zero-order valence-electron chi connectivity index (χ0n) is 17.8. The molecule has 2 aromatic heterocycles. The number of carbonyl (C=O) groups excluding carboxylic acids is 1. The predicted molar refractivity (Wildman–Crippen MR) is 122 cm³/mol. The van der Waals surface area contributed by atoms with Crippen LogP contribution < -0.4 is 20.1 Å². The molecule has 0 atom stereocenters. The van der Waals surface area contributed by atoms with Crippen LogP contribution in [0.25, 0.3) is 10.9 Å². The number of halogens is 1. The van der Waals surface area contributed by atoms with Gasteiger partial charge in [-0.1, -0.05) is 12.1 Å². The zero-order chi connectivity index (χ0) is 22.8. The molecule has 33 heavy (non-hydrogen) atoms. The Labute approximate surface area is 188 Å². The molecule has 9 heteroatoms. The minimum absolute atomic E-state index is 0.245. The molecule has 1 aliphatic rings. The summed E-state index contributed by atoms with van der Waals surface area (Å²) in [6.07, 6.45) is 1.14. The molecule has 0 fully saturated rings. The number of nitrogens with one attached hydrogen (secondary N) is 3. The summed E-state index contributed by atoms with van der Waals surface area (Å²) in [6, 6.07) is 14.2. The third kappa shape index (κ3) is 4.25. The zero-order valence-corrected chi connectivity index (χ0v) is 17.8. The van der Waals surface area contributed by atoms with Gasteiger partial charge in [0.15, 0.2) is 17.3 Å². The number of hydrogen-bond donors (Lipinski definition) is 3. The normalized spacial score (nSPS) is 12.4. The number of pyridine rings is 1. The average Bonchev–Trinajstić information content (AvgIpc) is 3.27. The smallest absolute Gasteiger partial charge is 0.354 e. The summed E-state index contributed by atoms with van der Waals surface area (Å²) in [4.78, 5) is 19.3. The van der Waals surface area contributed by atoms with E-state index < -0.39 is 11.8 Å². The molecule has 0 bridgehead atoms. The monoisotopic (exact) mass is 448 g/mol. The fraction of sp³-hybridized carbons (Fsp3) is 0.167. The van der Waals surface area contributed by atoms with E-state index in [4.69, 9.17) is 14.2 Å². The third-order valence-electron chi connectivity index (χ3n) is 5.09. The Morgan fingerprint density at radius 2 is 1.94 bits per heavy atom. The third-order valence-corrected chi connectivity index (χ3v) is 5.09. The fourth-order valence-electron chi connectivity index (χ4n) is 3.60. The van der Waals surface area contributed by atoms with Crippen molar-refractivity contribution in [3.8, 4) is 11.5 Å². The number of benzene rings is 2. The molecule has 168 valence electrons. The Hall–Kier alpha value is -4.27. The van der Waals surface area contributed by atoms with Crippen molar-refractivity contribution in [1.29, 1.82) is 0 Å². The van der Waals surface area contributed by atoms with E-state index in [0.29, 0.717) is 53.1 Å². The summed E-state index contributed by atoms with van der Waals surface area (Å²) in [5.74, 6) is 0.764. The molecule has 1 aliphatic heterocycles. The van der Waals surface area contributed by atoms with Gasteiger partial charge in [-0.2, -0.15) is 0 Å². The van der Waals surface area contributed by atoms with E-state index in [1.54, 1.807) is 37.3 Å². The molecule has 0 aliphatic carbocycles. The lowest BCUT2D eigenvalue weighted by Crippen LogP contribution is -2.15. The maximum Gasteiger partial charge on any atom is 0.354 e. The summed E-state index contributed by atoms with van der Waals surface area (Å²) < 4.78 is 30.7. The molecule has 2 aromatic carbocycles. The van der Waals surface area contributed by atoms with E-state index in [0.717, 1.165) is 11.6 Å². The van der Waals surface area contributed by atoms with Gasteiger partial charge in [0.1, 0.15) is 24.7 Å². The number of aromatic amines is 1. The van der Waals surface area contributed by atoms with Crippen LogP contribution in [-0.2, 0) is 4.74 Å². The van der Waals surface area contributed by atoms with Crippen LogP contribution in [0.4, 0.5) is 27.3 Å². The summed E-state index contributed by atoms with van der Waals surface area (Å²) >= 11 is 0. The maximum atomic E-state index is 14.5. The summed E-state index contributed by atoms with van der Waals surface area (Å²) in [7, 11) is 0. The van der Waals surface area contributed by atoms with E-state index in [1.165, 1.54) is 0 Å². The number of carbonyl (C=O) groups is 1. The number of fused-ring (bicyclic) bond motifs is 2. The van der Waals surface area contributed by atoms with Crippen LogP contribution in [0.15, 0.2) is 54.7 Å². The molecule has 0 unspecified atom stereocenters. The second kappa shape index (κ2) is 8.70. The van der Waals surface area contributed by atoms with Gasteiger partial charge in [-0.25, -0.2) is 14.2 Å². The van der Waals surface area contributed by atoms with Crippen LogP contribution in [0.5, 0.6) is 11.5 Å². The van der Waals surface area contributed by atoms with Crippen LogP contribution in [0.2, 0.25) is 0 Å². The molecule has 0 saturated carbocycles. The van der Waals surface area contributed by atoms with E-state index in [-0.39, 0.29) is 12.3 Å². The number of H-pyrrole nitrogens is 1. The first-order valence-corrected chi connectivity index (χ1v) is 10.5. The molecule has 8 nitrogen and oxygen atoms in total. The van der Waals surface area contributed by atoms with Crippen molar-refractivity contribution in [3.63, 3.8) is 0 Å². The number of anilines is 4. The van der Waals surface area contributed by atoms with Gasteiger partial charge in [0.2, 0.25) is 0 Å². The van der Waals surface area contributed by atoms with E-state index >= 15 is 0 Å². The number of ether oxygens (including phenoxy) is 3. The Bertz CT molecular complexity index is 1340. The minimum atomic E-state index is -0.502. The molecule has 0 radical (unpaired) electrons. The van der Waals surface area contributed by atoms with Crippen LogP contribution in [0.3, 0.4) is 0 Å². The quantitative estimate of drug-likeness (QED) is 0.352. The van der Waals surface area contributed by atoms with Crippen molar-refractivity contribution in [2.24, 2.45) is 0 Å². The largest absolute Gasteiger partial charge is 0.486 e. The van der Waals surface area contributed by atoms with Gasteiger partial charge in [-0.15, -0.1) is 0 Å². The van der Waals surface area contributed by atoms with E-state index in [9.17, 15) is 9.18 Å². The summed E-state index contributed by atoms with van der Waals surface area (Å²) in [5, 5.41) is 7.08. The number of esters is 1. The first-order valence-electron chi connectivity index (χ1n) is 10.5. The van der Waals surface area contributed by atoms with Gasteiger partial charge in [0, 0.05) is 23.2 Å². The molecule has 4 aromatic rings. The van der Waals surface area contributed by atoms with Crippen molar-refractivity contribution in [3.05, 3.63) is 66.2 Å². The lowest BCUT2D eigenvalue weighted by molar-refractivity contribution is 0.0520. The van der Waals surface area contributed by atoms with Crippen LogP contribution in [0, 0.1) is 5.82 Å². The molecule has 0 saturated heterocycles. The maximum absolute atomic E-state index is 14.5. The van der Waals surface area contributed by atoms with Crippen molar-refractivity contribution >= 4 is 39.8 Å². The van der Waals surface area contributed by atoms with Gasteiger partial charge in [0.05, 0.1) is 29.7 Å². The SMILES string of the molecule is CCOC(=O)c1cc2cccc(Nc3cc(Nc4ccc5c(c4)OCCO5)c(F)cn3)c2[nH]1. The van der Waals surface area contributed by atoms with Gasteiger partial charge >= 0.3 is 5.97 Å². The highest BCUT2D eigenvalue weighted by molar-refractivity contribution is 5.99. The van der Waals surface area contributed by atoms with Crippen molar-refractivity contribution in [1.82, 2.24) is 9.97 Å². The average molecular weight is 448 g/mol. The highest BCUT2D eigenvalue weighted by Gasteiger charge is 2.15. The molecule has 0 amide bonds. The number of para-hydroxylation sites is 1. The fourth-order valence-corrected chi connectivity index (χ4v) is 3.60. The lowest BCUT2D eigenvalue weighted by atomic mass is 10.2. The number of nitrogens with zero attached hydrogens (tertiary/aromatic N) is 1. The molecule has 5 rings (SSSR count). The van der Waals surface area contributed by atoms with Gasteiger partial charge in [-0.3, -0.25) is 0 Å². The van der Waals surface area contributed by atoms with Gasteiger partial charge < -0.3 is 29.8 Å². The molecule has 0 spiro atoms. The molecular weight excluding hydrogens is 427 g/mol. The van der Waals surface area contributed by atoms with Gasteiger partial charge in [0.25, 0.3) is 0 Å². The predicted octanol–water partition coefficient (Wildman–Crippen LogP) is 5.14. The van der Waals surface area contributed by atoms with Crippen molar-refractivity contribution in [2.45, 2.75) is 6.92 Å². The van der Waals surface area contributed by atoms with E-state index in [1.807, 2.05) is 18.2 Å². The van der Waals surface area contributed by atoms with Gasteiger partial charge in [-0.05, 0) is 31.2 Å². The number of rotatable bonds is 6. The molecule has 3 N–H and O–H groups in total. The number of hydrogen-bond acceptors (Lipinski definition) is 7. The molecule has 3 heterocycles. The second-order valence-electron chi connectivity index (χ2n) is 7.33. The standard InChI is InChI=1S/C24H21FN4O4/c1-2-31-24(30)19-10-14-4-3-5-17(23(14)29-19)28-22-12-18(16(25)13-26-22)27-15-6-7-20-21(11-15)33-9-8-32-20/h3-7,10-13,29H,2,8-9H2,1H3,(H2,26,27,28). The topological polar surface area (TPSA) is 97.5 Å². The Kier molecular flexibility index (Phi) is 5.43. The molecular formula is C24H21FN4O4. The second-order valence-corrected chi connectivity index (χ2v) is 7.33.